The summed E-state index contributed by atoms with van der Waals surface area (Å²) < 4.78 is 2.09. The summed E-state index contributed by atoms with van der Waals surface area (Å²) in [4.78, 5) is 10.8. The third-order valence-corrected chi connectivity index (χ3v) is 3.19. The molecule has 1 aromatic heterocycles. The van der Waals surface area contributed by atoms with E-state index in [1.807, 2.05) is 18.2 Å². The van der Waals surface area contributed by atoms with Crippen LogP contribution in [0, 0.1) is 4.77 Å². The van der Waals surface area contributed by atoms with Crippen LogP contribution in [0.4, 0.5) is 5.95 Å². The van der Waals surface area contributed by atoms with Crippen molar-refractivity contribution in [3.05, 3.63) is 31.9 Å². The highest BCUT2D eigenvalue weighted by atomic mass is 79.9. The molecule has 7 heteroatoms. The zero-order valence-corrected chi connectivity index (χ0v) is 11.9. The predicted molar refractivity (Wildman–Crippen MR) is 72.5 cm³/mol. The Bertz CT molecular complexity index is 596. The van der Waals surface area contributed by atoms with Crippen molar-refractivity contribution in [2.75, 3.05) is 5.73 Å². The van der Waals surface area contributed by atoms with Gasteiger partial charge in [0.25, 0.3) is 0 Å². The molecule has 3 N–H and O–H groups in total. The van der Waals surface area contributed by atoms with Gasteiger partial charge in [0.2, 0.25) is 10.7 Å². The summed E-state index contributed by atoms with van der Waals surface area (Å²) in [5.41, 5.74) is 6.46. The van der Waals surface area contributed by atoms with Crippen molar-refractivity contribution in [3.8, 4) is 11.4 Å². The fraction of sp³-hybridized carbons (Fsp3) is 0. The normalized spacial score (nSPS) is 10.4. The van der Waals surface area contributed by atoms with Gasteiger partial charge in [-0.3, -0.25) is 0 Å². The SMILES string of the molecule is Nc1nc(=S)nc(-c2ccc(Br)cc2Br)[nH]1. The molecule has 0 spiro atoms. The molecule has 0 atom stereocenters. The minimum Gasteiger partial charge on any atom is -0.369 e. The molecule has 4 nitrogen and oxygen atoms in total. The second-order valence-electron chi connectivity index (χ2n) is 2.99. The number of aromatic amines is 1. The van der Waals surface area contributed by atoms with E-state index in [1.165, 1.54) is 0 Å². The number of nitrogens with zero attached hydrogens (tertiary/aromatic N) is 2. The molecule has 0 saturated carbocycles. The minimum atomic E-state index is 0.223. The van der Waals surface area contributed by atoms with Crippen LogP contribution in [0.25, 0.3) is 11.4 Å². The smallest absolute Gasteiger partial charge is 0.224 e. The van der Waals surface area contributed by atoms with Crippen molar-refractivity contribution in [2.24, 2.45) is 0 Å². The van der Waals surface area contributed by atoms with Gasteiger partial charge in [-0.25, -0.2) is 4.98 Å². The summed E-state index contributed by atoms with van der Waals surface area (Å²) in [5, 5.41) is 0. The highest BCUT2D eigenvalue weighted by molar-refractivity contribution is 9.11. The van der Waals surface area contributed by atoms with Gasteiger partial charge in [0.15, 0.2) is 0 Å². The van der Waals surface area contributed by atoms with E-state index in [9.17, 15) is 0 Å². The van der Waals surface area contributed by atoms with Crippen molar-refractivity contribution in [1.82, 2.24) is 15.0 Å². The number of nitrogens with one attached hydrogen (secondary N) is 1. The summed E-state index contributed by atoms with van der Waals surface area (Å²) in [5.74, 6) is 0.849. The van der Waals surface area contributed by atoms with Crippen molar-refractivity contribution >= 4 is 50.0 Å². The molecule has 0 saturated heterocycles. The third-order valence-electron chi connectivity index (χ3n) is 1.86. The Morgan fingerprint density at radius 1 is 1.25 bits per heavy atom. The molecule has 1 heterocycles. The first kappa shape index (κ1) is 11.7. The summed E-state index contributed by atoms with van der Waals surface area (Å²) in [7, 11) is 0. The Morgan fingerprint density at radius 2 is 2.00 bits per heavy atom. The topological polar surface area (TPSA) is 67.6 Å². The molecular weight excluding hydrogens is 356 g/mol. The fourth-order valence-electron chi connectivity index (χ4n) is 1.21. The maximum absolute atomic E-state index is 5.58. The van der Waals surface area contributed by atoms with E-state index in [4.69, 9.17) is 18.0 Å². The van der Waals surface area contributed by atoms with Gasteiger partial charge in [-0.2, -0.15) is 4.98 Å². The average molecular weight is 362 g/mol. The molecule has 2 rings (SSSR count). The number of anilines is 1. The van der Waals surface area contributed by atoms with E-state index < -0.39 is 0 Å². The van der Waals surface area contributed by atoms with Crippen LogP contribution >= 0.6 is 44.1 Å². The van der Waals surface area contributed by atoms with Crippen LogP contribution in [0.1, 0.15) is 0 Å². The highest BCUT2D eigenvalue weighted by Crippen LogP contribution is 2.28. The molecule has 0 radical (unpaired) electrons. The van der Waals surface area contributed by atoms with Gasteiger partial charge < -0.3 is 10.7 Å². The molecule has 0 aliphatic heterocycles. The van der Waals surface area contributed by atoms with E-state index in [2.05, 4.69) is 46.8 Å². The van der Waals surface area contributed by atoms with Crippen LogP contribution in [-0.4, -0.2) is 15.0 Å². The molecule has 0 aliphatic rings. The van der Waals surface area contributed by atoms with Crippen molar-refractivity contribution in [3.63, 3.8) is 0 Å². The number of halogens is 2. The lowest BCUT2D eigenvalue weighted by Gasteiger charge is -2.04. The van der Waals surface area contributed by atoms with Crippen molar-refractivity contribution in [1.29, 1.82) is 0 Å². The third kappa shape index (κ3) is 2.47. The molecule has 0 aliphatic carbocycles. The number of nitrogen functional groups attached to an aromatic ring is 1. The van der Waals surface area contributed by atoms with Crippen LogP contribution in [0.5, 0.6) is 0 Å². The first-order valence-electron chi connectivity index (χ1n) is 4.25. The molecule has 0 fully saturated rings. The van der Waals surface area contributed by atoms with Crippen LogP contribution in [0.15, 0.2) is 27.1 Å². The second-order valence-corrected chi connectivity index (χ2v) is 5.12. The van der Waals surface area contributed by atoms with Crippen molar-refractivity contribution < 1.29 is 0 Å². The largest absolute Gasteiger partial charge is 0.369 e. The van der Waals surface area contributed by atoms with Crippen LogP contribution in [-0.2, 0) is 0 Å². The number of benzene rings is 1. The lowest BCUT2D eigenvalue weighted by atomic mass is 10.2. The molecule has 0 unspecified atom stereocenters. The number of nitrogens with two attached hydrogens (primary N) is 1. The summed E-state index contributed by atoms with van der Waals surface area (Å²) in [6.45, 7) is 0. The fourth-order valence-corrected chi connectivity index (χ4v) is 2.63. The van der Waals surface area contributed by atoms with E-state index in [0.29, 0.717) is 5.82 Å². The van der Waals surface area contributed by atoms with E-state index in [-0.39, 0.29) is 10.7 Å². The van der Waals surface area contributed by atoms with Crippen LogP contribution in [0.3, 0.4) is 0 Å². The second kappa shape index (κ2) is 4.60. The van der Waals surface area contributed by atoms with E-state index in [1.54, 1.807) is 0 Å². The van der Waals surface area contributed by atoms with E-state index in [0.717, 1.165) is 14.5 Å². The maximum atomic E-state index is 5.58. The Labute approximate surface area is 114 Å². The number of aromatic nitrogens is 3. The number of hydrogen-bond acceptors (Lipinski definition) is 4. The monoisotopic (exact) mass is 360 g/mol. The van der Waals surface area contributed by atoms with Crippen LogP contribution < -0.4 is 5.73 Å². The summed E-state index contributed by atoms with van der Waals surface area (Å²) in [6.07, 6.45) is 0. The molecule has 82 valence electrons. The number of hydrogen-bond donors (Lipinski definition) is 2. The van der Waals surface area contributed by atoms with Crippen LogP contribution in [0.2, 0.25) is 0 Å². The van der Waals surface area contributed by atoms with Gasteiger partial charge in [-0.15, -0.1) is 0 Å². The standard InChI is InChI=1S/C9H6Br2N4S/c10-4-1-2-5(6(11)3-4)7-13-8(12)15-9(16)14-7/h1-3H,(H3,12,13,14,15,16). The minimum absolute atomic E-state index is 0.223. The first-order valence-corrected chi connectivity index (χ1v) is 6.25. The van der Waals surface area contributed by atoms with Gasteiger partial charge >= 0.3 is 0 Å². The molecular formula is C9H6Br2N4S. The van der Waals surface area contributed by atoms with Gasteiger partial charge in [0.1, 0.15) is 5.82 Å². The van der Waals surface area contributed by atoms with Gasteiger partial charge in [-0.05, 0) is 46.3 Å². The van der Waals surface area contributed by atoms with Gasteiger partial charge in [0.05, 0.1) is 0 Å². The average Bonchev–Trinajstić information content (AvgIpc) is 2.15. The van der Waals surface area contributed by atoms with Crippen molar-refractivity contribution in [2.45, 2.75) is 0 Å². The Morgan fingerprint density at radius 3 is 2.62 bits per heavy atom. The molecule has 0 bridgehead atoms. The Kier molecular flexibility index (Phi) is 3.36. The molecule has 2 aromatic rings. The molecule has 0 amide bonds. The zero-order chi connectivity index (χ0) is 11.7. The predicted octanol–water partition coefficient (Wildman–Crippen LogP) is 3.31. The lowest BCUT2D eigenvalue weighted by Crippen LogP contribution is -2.00. The quantitative estimate of drug-likeness (QED) is 0.764. The molecule has 1 aromatic carbocycles. The maximum Gasteiger partial charge on any atom is 0.224 e. The lowest BCUT2D eigenvalue weighted by molar-refractivity contribution is 1.05. The van der Waals surface area contributed by atoms with Gasteiger partial charge in [0, 0.05) is 14.5 Å². The highest BCUT2D eigenvalue weighted by Gasteiger charge is 2.06. The zero-order valence-electron chi connectivity index (χ0n) is 7.87. The Hall–Kier alpha value is -0.790. The summed E-state index contributed by atoms with van der Waals surface area (Å²) in [6, 6.07) is 5.74. The number of H-pyrrole nitrogens is 1. The summed E-state index contributed by atoms with van der Waals surface area (Å²) >= 11 is 11.7. The van der Waals surface area contributed by atoms with Gasteiger partial charge in [-0.1, -0.05) is 15.9 Å². The number of rotatable bonds is 1. The molecule has 16 heavy (non-hydrogen) atoms. The first-order chi connectivity index (χ1) is 7.56. The van der Waals surface area contributed by atoms with E-state index >= 15 is 0 Å². The Balaban J connectivity index is 2.63.